The Morgan fingerprint density at radius 2 is 1.88 bits per heavy atom. The molecule has 1 saturated heterocycles. The van der Waals surface area contributed by atoms with Crippen LogP contribution < -0.4 is 10.2 Å². The lowest BCUT2D eigenvalue weighted by Gasteiger charge is -2.11. The summed E-state index contributed by atoms with van der Waals surface area (Å²) in [7, 11) is 0. The minimum Gasteiger partial charge on any atom is -0.334 e. The zero-order chi connectivity index (χ0) is 12.1. The van der Waals surface area contributed by atoms with Gasteiger partial charge in [-0.2, -0.15) is 0 Å². The number of anilines is 1. The molecule has 1 fully saturated rings. The van der Waals surface area contributed by atoms with Gasteiger partial charge in [-0.3, -0.25) is 4.79 Å². The zero-order valence-corrected chi connectivity index (χ0v) is 9.84. The average molecular weight is 237 g/mol. The fraction of sp³-hybridized carbons (Fsp3) is 0.462. The van der Waals surface area contributed by atoms with Gasteiger partial charge in [-0.05, 0) is 24.3 Å². The molecule has 4 heteroatoms. The molecule has 1 amide bonds. The van der Waals surface area contributed by atoms with Gasteiger partial charge in [-0.25, -0.2) is 4.39 Å². The summed E-state index contributed by atoms with van der Waals surface area (Å²) in [4.78, 5) is 13.1. The van der Waals surface area contributed by atoms with Crippen molar-refractivity contribution in [3.8, 4) is 0 Å². The quantitative estimate of drug-likeness (QED) is 0.799. The van der Waals surface area contributed by atoms with Gasteiger partial charge in [0.2, 0.25) is 5.91 Å². The third-order valence-electron chi connectivity index (χ3n) is 3.14. The number of quaternary nitrogens is 1. The number of rotatable bonds is 4. The lowest BCUT2D eigenvalue weighted by molar-refractivity contribution is -0.886. The predicted molar refractivity (Wildman–Crippen MR) is 64.4 cm³/mol. The lowest BCUT2D eigenvalue weighted by atomic mass is 10.3. The van der Waals surface area contributed by atoms with E-state index in [4.69, 9.17) is 0 Å². The summed E-state index contributed by atoms with van der Waals surface area (Å²) in [6.45, 7) is 3.26. The third-order valence-corrected chi connectivity index (χ3v) is 3.14. The molecule has 0 bridgehead atoms. The van der Waals surface area contributed by atoms with E-state index in [-0.39, 0.29) is 11.7 Å². The van der Waals surface area contributed by atoms with Gasteiger partial charge in [0.25, 0.3) is 0 Å². The molecule has 0 spiro atoms. The SMILES string of the molecule is O=C(CC[NH+]1CCCC1)Nc1ccc(F)cc1. The molecule has 1 aromatic carbocycles. The minimum absolute atomic E-state index is 0.0102. The Kier molecular flexibility index (Phi) is 4.09. The number of carbonyl (C=O) groups is 1. The molecular formula is C13H18FN2O+. The van der Waals surface area contributed by atoms with Crippen molar-refractivity contribution in [1.82, 2.24) is 0 Å². The van der Waals surface area contributed by atoms with E-state index in [1.807, 2.05) is 0 Å². The average Bonchev–Trinajstić information content (AvgIpc) is 2.83. The topological polar surface area (TPSA) is 33.5 Å². The first-order chi connectivity index (χ1) is 8.24. The number of carbonyl (C=O) groups excluding carboxylic acids is 1. The van der Waals surface area contributed by atoms with Crippen LogP contribution in [0.3, 0.4) is 0 Å². The molecule has 0 aromatic heterocycles. The molecule has 0 unspecified atom stereocenters. The Balaban J connectivity index is 1.74. The van der Waals surface area contributed by atoms with E-state index >= 15 is 0 Å². The smallest absolute Gasteiger partial charge is 0.230 e. The van der Waals surface area contributed by atoms with Crippen molar-refractivity contribution < 1.29 is 14.1 Å². The monoisotopic (exact) mass is 237 g/mol. The van der Waals surface area contributed by atoms with Crippen molar-refractivity contribution in [3.05, 3.63) is 30.1 Å². The van der Waals surface area contributed by atoms with Crippen molar-refractivity contribution in [2.75, 3.05) is 25.0 Å². The molecule has 1 aromatic rings. The molecule has 0 saturated carbocycles. The highest BCUT2D eigenvalue weighted by Gasteiger charge is 2.16. The molecule has 1 aliphatic rings. The van der Waals surface area contributed by atoms with Crippen LogP contribution in [0.2, 0.25) is 0 Å². The maximum Gasteiger partial charge on any atom is 0.230 e. The highest BCUT2D eigenvalue weighted by molar-refractivity contribution is 5.90. The van der Waals surface area contributed by atoms with Gasteiger partial charge in [-0.1, -0.05) is 0 Å². The highest BCUT2D eigenvalue weighted by Crippen LogP contribution is 2.08. The van der Waals surface area contributed by atoms with Gasteiger partial charge in [0, 0.05) is 18.5 Å². The van der Waals surface area contributed by atoms with Crippen molar-refractivity contribution in [3.63, 3.8) is 0 Å². The molecule has 1 aliphatic heterocycles. The number of halogens is 1. The number of hydrogen-bond donors (Lipinski definition) is 2. The van der Waals surface area contributed by atoms with E-state index in [1.54, 1.807) is 12.1 Å². The van der Waals surface area contributed by atoms with Crippen molar-refractivity contribution in [1.29, 1.82) is 0 Å². The summed E-state index contributed by atoms with van der Waals surface area (Å²) < 4.78 is 12.7. The normalized spacial score (nSPS) is 16.1. The summed E-state index contributed by atoms with van der Waals surface area (Å²) in [6, 6.07) is 5.86. The number of likely N-dealkylation sites (tertiary alicyclic amines) is 1. The second kappa shape index (κ2) is 5.77. The number of hydrogen-bond acceptors (Lipinski definition) is 1. The van der Waals surface area contributed by atoms with Crippen LogP contribution in [-0.4, -0.2) is 25.5 Å². The van der Waals surface area contributed by atoms with Crippen LogP contribution in [0.15, 0.2) is 24.3 Å². The number of benzene rings is 1. The van der Waals surface area contributed by atoms with E-state index in [0.717, 1.165) is 6.54 Å². The van der Waals surface area contributed by atoms with Gasteiger partial charge in [0.05, 0.1) is 26.1 Å². The molecule has 0 atom stereocenters. The molecule has 2 rings (SSSR count). The highest BCUT2D eigenvalue weighted by atomic mass is 19.1. The largest absolute Gasteiger partial charge is 0.334 e. The summed E-state index contributed by atoms with van der Waals surface area (Å²) in [5.41, 5.74) is 0.660. The summed E-state index contributed by atoms with van der Waals surface area (Å²) >= 11 is 0. The summed E-state index contributed by atoms with van der Waals surface area (Å²) in [5.74, 6) is -0.277. The first kappa shape index (κ1) is 12.0. The van der Waals surface area contributed by atoms with Gasteiger partial charge < -0.3 is 10.2 Å². The molecule has 0 aliphatic carbocycles. The van der Waals surface area contributed by atoms with E-state index in [9.17, 15) is 9.18 Å². The van der Waals surface area contributed by atoms with E-state index in [0.29, 0.717) is 12.1 Å². The van der Waals surface area contributed by atoms with Crippen LogP contribution in [-0.2, 0) is 4.79 Å². The van der Waals surface area contributed by atoms with Crippen LogP contribution in [0.5, 0.6) is 0 Å². The molecule has 17 heavy (non-hydrogen) atoms. The van der Waals surface area contributed by atoms with Crippen LogP contribution >= 0.6 is 0 Å². The zero-order valence-electron chi connectivity index (χ0n) is 9.84. The van der Waals surface area contributed by atoms with Crippen LogP contribution in [0.1, 0.15) is 19.3 Å². The van der Waals surface area contributed by atoms with Crippen molar-refractivity contribution in [2.45, 2.75) is 19.3 Å². The van der Waals surface area contributed by atoms with Crippen molar-refractivity contribution >= 4 is 11.6 Å². The van der Waals surface area contributed by atoms with E-state index in [2.05, 4.69) is 5.32 Å². The van der Waals surface area contributed by atoms with Gasteiger partial charge in [-0.15, -0.1) is 0 Å². The standard InChI is InChI=1S/C13H17FN2O/c14-11-3-5-12(6-4-11)15-13(17)7-10-16-8-1-2-9-16/h3-6H,1-2,7-10H2,(H,15,17)/p+1. The fourth-order valence-electron chi connectivity index (χ4n) is 2.17. The molecule has 0 radical (unpaired) electrons. The molecule has 1 heterocycles. The molecule has 2 N–H and O–H groups in total. The first-order valence-electron chi connectivity index (χ1n) is 6.13. The Labute approximate surface area is 101 Å². The Bertz CT molecular complexity index is 372. The van der Waals surface area contributed by atoms with E-state index < -0.39 is 0 Å². The molecule has 3 nitrogen and oxygen atoms in total. The van der Waals surface area contributed by atoms with Gasteiger partial charge >= 0.3 is 0 Å². The minimum atomic E-state index is -0.287. The second-order valence-corrected chi connectivity index (χ2v) is 4.51. The fourth-order valence-corrected chi connectivity index (χ4v) is 2.17. The van der Waals surface area contributed by atoms with Gasteiger partial charge in [0.1, 0.15) is 5.82 Å². The summed E-state index contributed by atoms with van der Waals surface area (Å²) in [5, 5.41) is 2.77. The second-order valence-electron chi connectivity index (χ2n) is 4.51. The Morgan fingerprint density at radius 1 is 1.24 bits per heavy atom. The molecular weight excluding hydrogens is 219 g/mol. The third kappa shape index (κ3) is 3.82. The van der Waals surface area contributed by atoms with Crippen LogP contribution in [0, 0.1) is 5.82 Å². The summed E-state index contributed by atoms with van der Waals surface area (Å²) in [6.07, 6.45) is 3.08. The lowest BCUT2D eigenvalue weighted by Crippen LogP contribution is -3.10. The first-order valence-corrected chi connectivity index (χ1v) is 6.13. The van der Waals surface area contributed by atoms with Crippen LogP contribution in [0.4, 0.5) is 10.1 Å². The van der Waals surface area contributed by atoms with E-state index in [1.165, 1.54) is 43.0 Å². The van der Waals surface area contributed by atoms with Gasteiger partial charge in [0.15, 0.2) is 0 Å². The predicted octanol–water partition coefficient (Wildman–Crippen LogP) is 0.833. The van der Waals surface area contributed by atoms with Crippen LogP contribution in [0.25, 0.3) is 0 Å². The molecule has 92 valence electrons. The van der Waals surface area contributed by atoms with Crippen molar-refractivity contribution in [2.24, 2.45) is 0 Å². The maximum atomic E-state index is 12.7. The Morgan fingerprint density at radius 3 is 2.53 bits per heavy atom. The maximum absolute atomic E-state index is 12.7. The number of amides is 1. The number of nitrogens with one attached hydrogen (secondary N) is 2. The Hall–Kier alpha value is -1.42.